The number of alkyl halides is 3. The van der Waals surface area contributed by atoms with Gasteiger partial charge in [0.25, 0.3) is 10.0 Å². The van der Waals surface area contributed by atoms with E-state index in [2.05, 4.69) is 4.90 Å². The lowest BCUT2D eigenvalue weighted by molar-refractivity contribution is -0.137. The Hall–Kier alpha value is -2.78. The molecule has 9 heteroatoms. The first-order valence-corrected chi connectivity index (χ1v) is 11.7. The van der Waals surface area contributed by atoms with Gasteiger partial charge in [-0.25, -0.2) is 12.4 Å². The zero-order valence-corrected chi connectivity index (χ0v) is 18.4. The van der Waals surface area contributed by atoms with Crippen molar-refractivity contribution in [2.75, 3.05) is 31.1 Å². The van der Waals surface area contributed by atoms with Crippen molar-refractivity contribution in [2.45, 2.75) is 24.5 Å². The highest BCUT2D eigenvalue weighted by atomic mass is 32.2. The van der Waals surface area contributed by atoms with E-state index in [1.807, 2.05) is 11.8 Å². The molecule has 1 fully saturated rings. The molecule has 0 saturated carbocycles. The Kier molecular flexibility index (Phi) is 6.05. The van der Waals surface area contributed by atoms with E-state index in [-0.39, 0.29) is 4.90 Å². The number of benzene rings is 2. The summed E-state index contributed by atoms with van der Waals surface area (Å²) in [6.07, 6.45) is -2.82. The van der Waals surface area contributed by atoms with E-state index in [0.717, 1.165) is 11.6 Å². The van der Waals surface area contributed by atoms with Crippen LogP contribution in [0.15, 0.2) is 71.8 Å². The highest BCUT2D eigenvalue weighted by Crippen LogP contribution is 2.32. The minimum absolute atomic E-state index is 0.231. The van der Waals surface area contributed by atoms with Crippen LogP contribution in [0.3, 0.4) is 0 Å². The van der Waals surface area contributed by atoms with E-state index in [4.69, 9.17) is 0 Å². The molecular weight excluding hydrogens is 439 g/mol. The van der Waals surface area contributed by atoms with Crippen LogP contribution in [0.4, 0.5) is 18.9 Å². The Bertz CT molecular complexity index is 1180. The molecule has 1 saturated heterocycles. The van der Waals surface area contributed by atoms with E-state index in [9.17, 15) is 21.6 Å². The van der Waals surface area contributed by atoms with Crippen LogP contribution in [-0.4, -0.2) is 43.5 Å². The van der Waals surface area contributed by atoms with Gasteiger partial charge in [-0.15, -0.1) is 0 Å². The topological polar surface area (TPSA) is 45.6 Å². The largest absolute Gasteiger partial charge is 0.416 e. The van der Waals surface area contributed by atoms with E-state index in [1.54, 1.807) is 48.7 Å². The fourth-order valence-electron chi connectivity index (χ4n) is 3.85. The Morgan fingerprint density at radius 1 is 0.906 bits per heavy atom. The van der Waals surface area contributed by atoms with Gasteiger partial charge in [-0.05, 0) is 49.4 Å². The summed E-state index contributed by atoms with van der Waals surface area (Å²) in [6.45, 7) is 4.70. The monoisotopic (exact) mass is 463 g/mol. The summed E-state index contributed by atoms with van der Waals surface area (Å²) < 4.78 is 66.4. The van der Waals surface area contributed by atoms with Crippen LogP contribution in [0.25, 0.3) is 0 Å². The van der Waals surface area contributed by atoms with Crippen LogP contribution in [0.5, 0.6) is 0 Å². The van der Waals surface area contributed by atoms with E-state index in [0.29, 0.717) is 44.1 Å². The minimum atomic E-state index is -4.37. The Morgan fingerprint density at radius 3 is 2.25 bits per heavy atom. The second kappa shape index (κ2) is 8.63. The van der Waals surface area contributed by atoms with Crippen LogP contribution in [0, 0.1) is 6.92 Å². The van der Waals surface area contributed by atoms with Crippen molar-refractivity contribution in [1.29, 1.82) is 0 Å². The summed E-state index contributed by atoms with van der Waals surface area (Å²) in [7, 11) is -3.69. The van der Waals surface area contributed by atoms with Gasteiger partial charge in [0.15, 0.2) is 0 Å². The van der Waals surface area contributed by atoms with E-state index < -0.39 is 21.8 Å². The molecule has 1 aliphatic heterocycles. The van der Waals surface area contributed by atoms with Crippen molar-refractivity contribution in [3.63, 3.8) is 0 Å². The maximum atomic E-state index is 13.1. The van der Waals surface area contributed by atoms with Crippen molar-refractivity contribution in [1.82, 2.24) is 8.87 Å². The third-order valence-corrected chi connectivity index (χ3v) is 7.41. The average Bonchev–Trinajstić information content (AvgIpc) is 3.23. The highest BCUT2D eigenvalue weighted by Gasteiger charge is 2.31. The number of aromatic nitrogens is 1. The van der Waals surface area contributed by atoms with Crippen molar-refractivity contribution in [2.24, 2.45) is 0 Å². The van der Waals surface area contributed by atoms with Crippen LogP contribution in [0.2, 0.25) is 0 Å². The van der Waals surface area contributed by atoms with Crippen molar-refractivity contribution < 1.29 is 21.6 Å². The van der Waals surface area contributed by atoms with Gasteiger partial charge in [0.1, 0.15) is 0 Å². The quantitative estimate of drug-likeness (QED) is 0.564. The molecule has 0 bridgehead atoms. The molecule has 170 valence electrons. The van der Waals surface area contributed by atoms with Gasteiger partial charge in [0, 0.05) is 50.3 Å². The van der Waals surface area contributed by atoms with E-state index >= 15 is 0 Å². The lowest BCUT2D eigenvalue weighted by atomic mass is 10.1. The third kappa shape index (κ3) is 4.68. The Balaban J connectivity index is 1.44. The normalized spacial score (nSPS) is 15.8. The lowest BCUT2D eigenvalue weighted by Gasteiger charge is -2.36. The number of halogens is 3. The number of aryl methyl sites for hydroxylation is 1. The summed E-state index contributed by atoms with van der Waals surface area (Å²) in [5, 5.41) is 0. The first-order chi connectivity index (χ1) is 15.1. The molecule has 0 radical (unpaired) electrons. The first kappa shape index (κ1) is 22.4. The van der Waals surface area contributed by atoms with Gasteiger partial charge in [-0.3, -0.25) is 4.90 Å². The number of nitrogens with zero attached hydrogens (tertiary/aromatic N) is 3. The standard InChI is InChI=1S/C23H24F3N3O2S/c1-18-7-9-22(10-8-18)32(30,31)29-11-3-6-21(29)17-27-12-14-28(15-13-27)20-5-2-4-19(16-20)23(24,25)26/h2-11,16H,12-15,17H2,1H3. The molecule has 2 heterocycles. The molecule has 0 spiro atoms. The van der Waals surface area contributed by atoms with E-state index in [1.165, 1.54) is 16.1 Å². The second-order valence-corrected chi connectivity index (χ2v) is 9.74. The zero-order chi connectivity index (χ0) is 22.9. The van der Waals surface area contributed by atoms with Crippen LogP contribution < -0.4 is 4.90 Å². The predicted octanol–water partition coefficient (Wildman–Crippen LogP) is 4.37. The highest BCUT2D eigenvalue weighted by molar-refractivity contribution is 7.90. The number of hydrogen-bond donors (Lipinski definition) is 0. The molecule has 0 amide bonds. The third-order valence-electron chi connectivity index (χ3n) is 5.67. The minimum Gasteiger partial charge on any atom is -0.369 e. The van der Waals surface area contributed by atoms with Gasteiger partial charge >= 0.3 is 6.18 Å². The molecule has 0 unspecified atom stereocenters. The number of anilines is 1. The van der Waals surface area contributed by atoms with Crippen molar-refractivity contribution in [3.8, 4) is 0 Å². The molecule has 5 nitrogen and oxygen atoms in total. The summed E-state index contributed by atoms with van der Waals surface area (Å²) in [5.74, 6) is 0. The van der Waals surface area contributed by atoms with Crippen molar-refractivity contribution in [3.05, 3.63) is 83.7 Å². The van der Waals surface area contributed by atoms with Crippen LogP contribution >= 0.6 is 0 Å². The predicted molar refractivity (Wildman–Crippen MR) is 117 cm³/mol. The second-order valence-electron chi connectivity index (χ2n) is 7.92. The first-order valence-electron chi connectivity index (χ1n) is 10.3. The lowest BCUT2D eigenvalue weighted by Crippen LogP contribution is -2.46. The van der Waals surface area contributed by atoms with Gasteiger partial charge < -0.3 is 4.90 Å². The molecule has 1 aromatic heterocycles. The van der Waals surface area contributed by atoms with Crippen molar-refractivity contribution >= 4 is 15.7 Å². The maximum absolute atomic E-state index is 13.1. The van der Waals surface area contributed by atoms with Gasteiger partial charge in [-0.2, -0.15) is 13.2 Å². The molecule has 1 aliphatic rings. The number of hydrogen-bond acceptors (Lipinski definition) is 4. The molecule has 2 aromatic carbocycles. The molecule has 3 aromatic rings. The van der Waals surface area contributed by atoms with Gasteiger partial charge in [-0.1, -0.05) is 23.8 Å². The van der Waals surface area contributed by atoms with Crippen LogP contribution in [0.1, 0.15) is 16.8 Å². The fourth-order valence-corrected chi connectivity index (χ4v) is 5.22. The van der Waals surface area contributed by atoms with Gasteiger partial charge in [0.2, 0.25) is 0 Å². The zero-order valence-electron chi connectivity index (χ0n) is 17.6. The SMILES string of the molecule is Cc1ccc(S(=O)(=O)n2cccc2CN2CCN(c3cccc(C(F)(F)F)c3)CC2)cc1. The summed E-state index contributed by atoms with van der Waals surface area (Å²) >= 11 is 0. The Morgan fingerprint density at radius 2 is 1.59 bits per heavy atom. The summed E-state index contributed by atoms with van der Waals surface area (Å²) in [6, 6.07) is 15.6. The van der Waals surface area contributed by atoms with Crippen LogP contribution in [-0.2, 0) is 22.7 Å². The molecule has 0 aliphatic carbocycles. The molecule has 4 rings (SSSR count). The smallest absolute Gasteiger partial charge is 0.369 e. The maximum Gasteiger partial charge on any atom is 0.416 e. The average molecular weight is 464 g/mol. The number of piperazine rings is 1. The summed E-state index contributed by atoms with van der Waals surface area (Å²) in [5.41, 5.74) is 1.52. The molecule has 0 N–H and O–H groups in total. The summed E-state index contributed by atoms with van der Waals surface area (Å²) in [4.78, 5) is 4.27. The molecule has 0 atom stereocenters. The Labute approximate surface area is 185 Å². The fraction of sp³-hybridized carbons (Fsp3) is 0.304. The van der Waals surface area contributed by atoms with Gasteiger partial charge in [0.05, 0.1) is 10.5 Å². The molecule has 32 heavy (non-hydrogen) atoms. The molecular formula is C23H24F3N3O2S. The number of rotatable bonds is 5.